The molecule has 2 aromatic rings. The summed E-state index contributed by atoms with van der Waals surface area (Å²) in [5, 5.41) is 11.4. The molecular weight excluding hydrogens is 376 g/mol. The lowest BCUT2D eigenvalue weighted by atomic mass is 10.2. The predicted octanol–water partition coefficient (Wildman–Crippen LogP) is 4.62. The van der Waals surface area contributed by atoms with Crippen LogP contribution in [0.1, 0.15) is 40.0 Å². The Kier molecular flexibility index (Phi) is 6.76. The van der Waals surface area contributed by atoms with Crippen LogP contribution in [0.15, 0.2) is 72.8 Å². The molecule has 154 valence electrons. The number of carboxylic acid groups (broad SMARTS) is 1. The number of hydrogen-bond acceptors (Lipinski definition) is 2. The van der Waals surface area contributed by atoms with Crippen molar-refractivity contribution in [3.05, 3.63) is 72.8 Å². The molecule has 1 saturated carbocycles. The maximum atomic E-state index is 10.7. The summed E-state index contributed by atoms with van der Waals surface area (Å²) < 4.78 is 6.98. The van der Waals surface area contributed by atoms with Crippen LogP contribution in [-0.2, 0) is 9.22 Å². The molecule has 0 aromatic heterocycles. The maximum Gasteiger partial charge on any atom is 0.303 e. The van der Waals surface area contributed by atoms with Gasteiger partial charge in [-0.1, -0.05) is 93.6 Å². The summed E-state index contributed by atoms with van der Waals surface area (Å²) in [7, 11) is -2.46. The van der Waals surface area contributed by atoms with Crippen LogP contribution in [0.4, 0.5) is 0 Å². The van der Waals surface area contributed by atoms with Gasteiger partial charge in [0.25, 0.3) is 8.32 Å². The highest BCUT2D eigenvalue weighted by atomic mass is 28.4. The van der Waals surface area contributed by atoms with E-state index in [1.54, 1.807) is 0 Å². The van der Waals surface area contributed by atoms with Gasteiger partial charge in [0.1, 0.15) is 0 Å². The van der Waals surface area contributed by atoms with Crippen molar-refractivity contribution in [1.82, 2.24) is 0 Å². The molecule has 1 fully saturated rings. The van der Waals surface area contributed by atoms with Gasteiger partial charge < -0.3 is 9.53 Å². The minimum absolute atomic E-state index is 0.00256. The van der Waals surface area contributed by atoms with E-state index >= 15 is 0 Å². The fourth-order valence-electron chi connectivity index (χ4n) is 4.17. The standard InChI is InChI=1S/C25H32O3Si/c1-25(2,3)29(22-13-6-4-7-14-22,23-15-8-5-9-16-23)28-19-21-18-20(21)12-10-11-17-24(26)27/h4-10,12-16,20-21H,11,17-19H2,1-3H3,(H,26,27)/t20-,21+/m0/s1. The van der Waals surface area contributed by atoms with Crippen molar-refractivity contribution in [2.24, 2.45) is 11.8 Å². The number of benzene rings is 2. The monoisotopic (exact) mass is 408 g/mol. The molecule has 2 aromatic carbocycles. The Morgan fingerprint density at radius 2 is 1.62 bits per heavy atom. The Bertz CT molecular complexity index is 785. The molecule has 1 aliphatic carbocycles. The molecule has 1 N–H and O–H groups in total. The molecule has 0 bridgehead atoms. The molecular formula is C25H32O3Si. The summed E-state index contributed by atoms with van der Waals surface area (Å²) in [5.41, 5.74) is 0. The second kappa shape index (κ2) is 9.10. The van der Waals surface area contributed by atoms with Crippen LogP contribution in [0.5, 0.6) is 0 Å². The smallest absolute Gasteiger partial charge is 0.303 e. The molecule has 0 heterocycles. The van der Waals surface area contributed by atoms with E-state index in [2.05, 4.69) is 87.5 Å². The zero-order chi connectivity index (χ0) is 20.9. The lowest BCUT2D eigenvalue weighted by Crippen LogP contribution is -2.66. The second-order valence-electron chi connectivity index (χ2n) is 8.99. The number of carboxylic acids is 1. The van der Waals surface area contributed by atoms with E-state index in [9.17, 15) is 4.79 Å². The molecule has 29 heavy (non-hydrogen) atoms. The van der Waals surface area contributed by atoms with Gasteiger partial charge in [0.15, 0.2) is 0 Å². The van der Waals surface area contributed by atoms with Crippen molar-refractivity contribution < 1.29 is 14.3 Å². The van der Waals surface area contributed by atoms with Gasteiger partial charge in [-0.05, 0) is 40.1 Å². The largest absolute Gasteiger partial charge is 0.481 e. The summed E-state index contributed by atoms with van der Waals surface area (Å²) >= 11 is 0. The lowest BCUT2D eigenvalue weighted by Gasteiger charge is -2.43. The van der Waals surface area contributed by atoms with E-state index < -0.39 is 14.3 Å². The minimum Gasteiger partial charge on any atom is -0.481 e. The number of allylic oxidation sites excluding steroid dienone is 2. The van der Waals surface area contributed by atoms with E-state index in [4.69, 9.17) is 9.53 Å². The number of rotatable bonds is 9. The molecule has 0 unspecified atom stereocenters. The van der Waals surface area contributed by atoms with Gasteiger partial charge in [0.05, 0.1) is 0 Å². The van der Waals surface area contributed by atoms with Gasteiger partial charge >= 0.3 is 5.97 Å². The van der Waals surface area contributed by atoms with Crippen LogP contribution in [-0.4, -0.2) is 26.0 Å². The van der Waals surface area contributed by atoms with E-state index in [1.807, 2.05) is 6.08 Å². The molecule has 4 heteroatoms. The van der Waals surface area contributed by atoms with Crippen molar-refractivity contribution in [3.8, 4) is 0 Å². The molecule has 3 nitrogen and oxygen atoms in total. The molecule has 2 atom stereocenters. The van der Waals surface area contributed by atoms with Crippen LogP contribution >= 0.6 is 0 Å². The summed E-state index contributed by atoms with van der Waals surface area (Å²) in [6, 6.07) is 21.5. The molecule has 0 spiro atoms. The molecule has 0 saturated heterocycles. The zero-order valence-electron chi connectivity index (χ0n) is 17.7. The highest BCUT2D eigenvalue weighted by molar-refractivity contribution is 6.99. The Morgan fingerprint density at radius 3 is 2.10 bits per heavy atom. The summed E-state index contributed by atoms with van der Waals surface area (Å²) in [6.45, 7) is 7.65. The summed E-state index contributed by atoms with van der Waals surface area (Å²) in [4.78, 5) is 10.7. The van der Waals surface area contributed by atoms with Gasteiger partial charge in [0.2, 0.25) is 0 Å². The number of aliphatic carboxylic acids is 1. The third-order valence-electron chi connectivity index (χ3n) is 5.82. The van der Waals surface area contributed by atoms with Crippen LogP contribution in [0.2, 0.25) is 5.04 Å². The van der Waals surface area contributed by atoms with E-state index in [0.29, 0.717) is 18.3 Å². The van der Waals surface area contributed by atoms with Crippen molar-refractivity contribution in [3.63, 3.8) is 0 Å². The average Bonchev–Trinajstić information content (AvgIpc) is 3.44. The topological polar surface area (TPSA) is 46.5 Å². The third kappa shape index (κ3) is 5.06. The summed E-state index contributed by atoms with van der Waals surface area (Å²) in [5.74, 6) is 0.303. The number of carbonyl (C=O) groups is 1. The van der Waals surface area contributed by atoms with Crippen LogP contribution in [0.25, 0.3) is 0 Å². The molecule has 0 radical (unpaired) electrons. The van der Waals surface area contributed by atoms with Crippen molar-refractivity contribution >= 4 is 24.7 Å². The SMILES string of the molecule is CC(C)(C)[Si](OC[C@H]1C[C@@H]1C=CCCC(=O)O)(c1ccccc1)c1ccccc1. The van der Waals surface area contributed by atoms with Gasteiger partial charge in [-0.15, -0.1) is 0 Å². The van der Waals surface area contributed by atoms with Gasteiger partial charge in [-0.3, -0.25) is 4.79 Å². The maximum absolute atomic E-state index is 10.7. The van der Waals surface area contributed by atoms with Crippen molar-refractivity contribution in [2.75, 3.05) is 6.61 Å². The second-order valence-corrected chi connectivity index (χ2v) is 13.3. The lowest BCUT2D eigenvalue weighted by molar-refractivity contribution is -0.136. The zero-order valence-corrected chi connectivity index (χ0v) is 18.7. The Hall–Kier alpha value is -2.17. The third-order valence-corrected chi connectivity index (χ3v) is 10.8. The molecule has 0 amide bonds. The Morgan fingerprint density at radius 1 is 1.07 bits per heavy atom. The molecule has 1 aliphatic rings. The van der Waals surface area contributed by atoms with Gasteiger partial charge in [-0.25, -0.2) is 0 Å². The Labute approximate surface area is 175 Å². The highest BCUT2D eigenvalue weighted by Crippen LogP contribution is 2.43. The predicted molar refractivity (Wildman–Crippen MR) is 121 cm³/mol. The fourth-order valence-corrected chi connectivity index (χ4v) is 8.79. The minimum atomic E-state index is -2.46. The van der Waals surface area contributed by atoms with Crippen molar-refractivity contribution in [1.29, 1.82) is 0 Å². The number of hydrogen-bond donors (Lipinski definition) is 1. The van der Waals surface area contributed by atoms with Crippen LogP contribution < -0.4 is 10.4 Å². The van der Waals surface area contributed by atoms with E-state index in [0.717, 1.165) is 13.0 Å². The molecule has 0 aliphatic heterocycles. The first kappa shape index (κ1) is 21.5. The normalized spacial score (nSPS) is 19.4. The Balaban J connectivity index is 1.80. The van der Waals surface area contributed by atoms with E-state index in [-0.39, 0.29) is 11.5 Å². The first-order valence-electron chi connectivity index (χ1n) is 10.5. The first-order valence-corrected chi connectivity index (χ1v) is 12.4. The molecule has 3 rings (SSSR count). The first-order chi connectivity index (χ1) is 13.8. The quantitative estimate of drug-likeness (QED) is 0.486. The average molecular weight is 409 g/mol. The highest BCUT2D eigenvalue weighted by Gasteiger charge is 2.51. The van der Waals surface area contributed by atoms with Crippen LogP contribution in [0.3, 0.4) is 0 Å². The fraction of sp³-hybridized carbons (Fsp3) is 0.400. The van der Waals surface area contributed by atoms with Crippen LogP contribution in [0, 0.1) is 11.8 Å². The summed E-state index contributed by atoms with van der Waals surface area (Å²) in [6.07, 6.45) is 6.13. The van der Waals surface area contributed by atoms with E-state index in [1.165, 1.54) is 10.4 Å². The van der Waals surface area contributed by atoms with Gasteiger partial charge in [-0.2, -0.15) is 0 Å². The van der Waals surface area contributed by atoms with Crippen molar-refractivity contribution in [2.45, 2.75) is 45.1 Å². The van der Waals surface area contributed by atoms with Gasteiger partial charge in [0, 0.05) is 13.0 Å².